The fraction of sp³-hybridized carbons (Fsp3) is 0.150. The molecule has 2 aromatic heterocycles. The van der Waals surface area contributed by atoms with Gasteiger partial charge in [0.2, 0.25) is 10.0 Å². The number of hydrogen-bond donors (Lipinski definition) is 0. The first-order chi connectivity index (χ1) is 14.4. The summed E-state index contributed by atoms with van der Waals surface area (Å²) in [6.07, 6.45) is 3.13. The van der Waals surface area contributed by atoms with E-state index in [1.165, 1.54) is 48.6 Å². The summed E-state index contributed by atoms with van der Waals surface area (Å²) in [5, 5.41) is 5.87. The molecule has 0 aliphatic rings. The van der Waals surface area contributed by atoms with Gasteiger partial charge in [-0.05, 0) is 42.0 Å². The number of sulfonamides is 1. The first-order valence-corrected chi connectivity index (χ1v) is 11.4. The highest BCUT2D eigenvalue weighted by Gasteiger charge is 2.17. The van der Waals surface area contributed by atoms with E-state index in [4.69, 9.17) is 0 Å². The predicted octanol–water partition coefficient (Wildman–Crippen LogP) is 3.50. The second-order valence-corrected chi connectivity index (χ2v) is 9.79. The van der Waals surface area contributed by atoms with Gasteiger partial charge < -0.3 is 0 Å². The molecular formula is C20H18FN5O2S2. The van der Waals surface area contributed by atoms with Gasteiger partial charge in [-0.3, -0.25) is 0 Å². The summed E-state index contributed by atoms with van der Waals surface area (Å²) >= 11 is 1.47. The van der Waals surface area contributed by atoms with E-state index in [0.29, 0.717) is 17.1 Å². The number of aromatic nitrogens is 4. The third-order valence-electron chi connectivity index (χ3n) is 4.45. The molecule has 0 spiro atoms. The highest BCUT2D eigenvalue weighted by molar-refractivity contribution is 7.98. The lowest BCUT2D eigenvalue weighted by atomic mass is 10.2. The molecule has 0 saturated heterocycles. The SMILES string of the molecule is CN(C)S(=O)(=O)c1cccc(CSc2ncnc3c2cnn3-c2ccc(F)cc2)c1. The van der Waals surface area contributed by atoms with Gasteiger partial charge >= 0.3 is 0 Å². The Morgan fingerprint density at radius 1 is 1.10 bits per heavy atom. The maximum atomic E-state index is 13.2. The average Bonchev–Trinajstić information content (AvgIpc) is 3.17. The molecular weight excluding hydrogens is 425 g/mol. The zero-order chi connectivity index (χ0) is 21.3. The molecule has 0 aliphatic carbocycles. The van der Waals surface area contributed by atoms with E-state index in [0.717, 1.165) is 16.0 Å². The van der Waals surface area contributed by atoms with Crippen molar-refractivity contribution in [2.45, 2.75) is 15.7 Å². The van der Waals surface area contributed by atoms with Crippen LogP contribution in [0.2, 0.25) is 0 Å². The fourth-order valence-corrected chi connectivity index (χ4v) is 4.74. The summed E-state index contributed by atoms with van der Waals surface area (Å²) in [5.74, 6) is 0.213. The van der Waals surface area contributed by atoms with Crippen LogP contribution in [0.3, 0.4) is 0 Å². The van der Waals surface area contributed by atoms with Crippen LogP contribution < -0.4 is 0 Å². The second kappa shape index (κ2) is 8.13. The van der Waals surface area contributed by atoms with Crippen LogP contribution in [0.4, 0.5) is 4.39 Å². The van der Waals surface area contributed by atoms with Crippen molar-refractivity contribution >= 4 is 32.8 Å². The Kier molecular flexibility index (Phi) is 5.54. The standard InChI is InChI=1S/C20H18FN5O2S2/c1-25(2)30(27,28)17-5-3-4-14(10-17)12-29-20-18-11-24-26(19(18)22-13-23-20)16-8-6-15(21)7-9-16/h3-11,13H,12H2,1-2H3. The Labute approximate surface area is 177 Å². The van der Waals surface area contributed by atoms with Crippen LogP contribution in [-0.2, 0) is 15.8 Å². The lowest BCUT2D eigenvalue weighted by molar-refractivity contribution is 0.520. The van der Waals surface area contributed by atoms with E-state index in [-0.39, 0.29) is 10.7 Å². The molecule has 4 rings (SSSR count). The van der Waals surface area contributed by atoms with Gasteiger partial charge in [0.25, 0.3) is 0 Å². The largest absolute Gasteiger partial charge is 0.242 e. The van der Waals surface area contributed by atoms with E-state index in [1.54, 1.807) is 41.2 Å². The lowest BCUT2D eigenvalue weighted by Gasteiger charge is -2.12. The Hall–Kier alpha value is -2.82. The zero-order valence-corrected chi connectivity index (χ0v) is 17.9. The van der Waals surface area contributed by atoms with Gasteiger partial charge in [0, 0.05) is 19.8 Å². The van der Waals surface area contributed by atoms with Crippen molar-refractivity contribution in [1.82, 2.24) is 24.1 Å². The Morgan fingerprint density at radius 2 is 1.87 bits per heavy atom. The molecule has 0 saturated carbocycles. The monoisotopic (exact) mass is 443 g/mol. The number of rotatable bonds is 6. The van der Waals surface area contributed by atoms with Gasteiger partial charge in [0.1, 0.15) is 17.2 Å². The van der Waals surface area contributed by atoms with E-state index >= 15 is 0 Å². The third-order valence-corrected chi connectivity index (χ3v) is 7.34. The average molecular weight is 444 g/mol. The molecule has 0 N–H and O–H groups in total. The third kappa shape index (κ3) is 3.93. The molecule has 0 unspecified atom stereocenters. The van der Waals surface area contributed by atoms with Crippen molar-refractivity contribution in [3.8, 4) is 5.69 Å². The highest BCUT2D eigenvalue weighted by atomic mass is 32.2. The van der Waals surface area contributed by atoms with Crippen molar-refractivity contribution in [2.24, 2.45) is 0 Å². The van der Waals surface area contributed by atoms with E-state index in [1.807, 2.05) is 6.07 Å². The summed E-state index contributed by atoms with van der Waals surface area (Å²) in [6.45, 7) is 0. The van der Waals surface area contributed by atoms with Gasteiger partial charge in [-0.2, -0.15) is 5.10 Å². The van der Waals surface area contributed by atoms with E-state index < -0.39 is 10.0 Å². The number of nitrogens with zero attached hydrogens (tertiary/aromatic N) is 5. The molecule has 0 amide bonds. The quantitative estimate of drug-likeness (QED) is 0.335. The number of thioether (sulfide) groups is 1. The molecule has 30 heavy (non-hydrogen) atoms. The molecule has 0 fully saturated rings. The van der Waals surface area contributed by atoms with Crippen LogP contribution >= 0.6 is 11.8 Å². The predicted molar refractivity (Wildman–Crippen MR) is 113 cm³/mol. The maximum absolute atomic E-state index is 13.2. The van der Waals surface area contributed by atoms with Crippen molar-refractivity contribution in [2.75, 3.05) is 14.1 Å². The molecule has 154 valence electrons. The molecule has 0 bridgehead atoms. The van der Waals surface area contributed by atoms with Gasteiger partial charge in [-0.25, -0.2) is 31.8 Å². The van der Waals surface area contributed by atoms with Crippen LogP contribution in [-0.4, -0.2) is 46.6 Å². The fourth-order valence-electron chi connectivity index (χ4n) is 2.87. The van der Waals surface area contributed by atoms with Crippen LogP contribution in [0, 0.1) is 5.82 Å². The number of fused-ring (bicyclic) bond motifs is 1. The Bertz CT molecular complexity index is 1300. The summed E-state index contributed by atoms with van der Waals surface area (Å²) in [4.78, 5) is 8.93. The minimum absolute atomic E-state index is 0.252. The molecule has 0 atom stereocenters. The number of halogens is 1. The molecule has 2 aromatic carbocycles. The summed E-state index contributed by atoms with van der Waals surface area (Å²) in [6, 6.07) is 12.9. The summed E-state index contributed by atoms with van der Waals surface area (Å²) in [7, 11) is -0.475. The van der Waals surface area contributed by atoms with Crippen LogP contribution in [0.15, 0.2) is 71.0 Å². The van der Waals surface area contributed by atoms with Gasteiger partial charge in [0.05, 0.1) is 22.2 Å². The maximum Gasteiger partial charge on any atom is 0.242 e. The minimum atomic E-state index is -3.49. The van der Waals surface area contributed by atoms with Gasteiger partial charge in [-0.1, -0.05) is 12.1 Å². The van der Waals surface area contributed by atoms with Gasteiger partial charge in [-0.15, -0.1) is 11.8 Å². The number of benzene rings is 2. The minimum Gasteiger partial charge on any atom is -0.229 e. The van der Waals surface area contributed by atoms with Crippen LogP contribution in [0.1, 0.15) is 5.56 Å². The molecule has 4 aromatic rings. The first-order valence-electron chi connectivity index (χ1n) is 8.95. The lowest BCUT2D eigenvalue weighted by Crippen LogP contribution is -2.22. The summed E-state index contributed by atoms with van der Waals surface area (Å²) < 4.78 is 40.7. The highest BCUT2D eigenvalue weighted by Crippen LogP contribution is 2.29. The van der Waals surface area contributed by atoms with Crippen molar-refractivity contribution in [3.05, 3.63) is 72.4 Å². The van der Waals surface area contributed by atoms with E-state index in [9.17, 15) is 12.8 Å². The molecule has 7 nitrogen and oxygen atoms in total. The van der Waals surface area contributed by atoms with Crippen LogP contribution in [0.5, 0.6) is 0 Å². The second-order valence-electron chi connectivity index (χ2n) is 6.67. The zero-order valence-electron chi connectivity index (χ0n) is 16.2. The van der Waals surface area contributed by atoms with Gasteiger partial charge in [0.15, 0.2) is 5.65 Å². The van der Waals surface area contributed by atoms with Crippen molar-refractivity contribution < 1.29 is 12.8 Å². The Balaban J connectivity index is 1.61. The normalized spacial score (nSPS) is 12.0. The van der Waals surface area contributed by atoms with Crippen molar-refractivity contribution in [1.29, 1.82) is 0 Å². The topological polar surface area (TPSA) is 81.0 Å². The number of hydrogen-bond acceptors (Lipinski definition) is 6. The van der Waals surface area contributed by atoms with Crippen LogP contribution in [0.25, 0.3) is 16.7 Å². The molecule has 0 radical (unpaired) electrons. The first kappa shape index (κ1) is 20.5. The summed E-state index contributed by atoms with van der Waals surface area (Å²) in [5.41, 5.74) is 2.17. The van der Waals surface area contributed by atoms with Crippen molar-refractivity contribution in [3.63, 3.8) is 0 Å². The molecule has 0 aliphatic heterocycles. The Morgan fingerprint density at radius 3 is 2.60 bits per heavy atom. The van der Waals surface area contributed by atoms with E-state index in [2.05, 4.69) is 15.1 Å². The smallest absolute Gasteiger partial charge is 0.229 e. The molecule has 10 heteroatoms. The molecule has 2 heterocycles.